The predicted octanol–water partition coefficient (Wildman–Crippen LogP) is 13.5. The van der Waals surface area contributed by atoms with Gasteiger partial charge in [-0.15, -0.1) is 0 Å². The van der Waals surface area contributed by atoms with Crippen LogP contribution in [0.1, 0.15) is 5.56 Å². The highest BCUT2D eigenvalue weighted by molar-refractivity contribution is 6.13. The first-order valence-corrected chi connectivity index (χ1v) is 19.2. The van der Waals surface area contributed by atoms with E-state index < -0.39 is 0 Å². The minimum Gasteiger partial charge on any atom is -0.456 e. The molecule has 0 aliphatic rings. The van der Waals surface area contributed by atoms with E-state index in [9.17, 15) is 0 Å². The Morgan fingerprint density at radius 2 is 1.04 bits per heavy atom. The van der Waals surface area contributed by atoms with Crippen molar-refractivity contribution >= 4 is 43.7 Å². The molecule has 268 valence electrons. The van der Waals surface area contributed by atoms with Crippen molar-refractivity contribution in [1.29, 1.82) is 0 Å². The van der Waals surface area contributed by atoms with E-state index in [0.29, 0.717) is 5.82 Å². The lowest BCUT2D eigenvalue weighted by Crippen LogP contribution is -1.96. The van der Waals surface area contributed by atoms with Gasteiger partial charge in [-0.05, 0) is 72.6 Å². The van der Waals surface area contributed by atoms with Gasteiger partial charge in [0, 0.05) is 50.3 Å². The normalized spacial score (nSPS) is 11.6. The van der Waals surface area contributed by atoms with Gasteiger partial charge in [-0.1, -0.05) is 133 Å². The van der Waals surface area contributed by atoms with Crippen LogP contribution in [0.5, 0.6) is 0 Å². The zero-order valence-electron chi connectivity index (χ0n) is 31.1. The van der Waals surface area contributed by atoms with Crippen molar-refractivity contribution in [2.75, 3.05) is 0 Å². The lowest BCUT2D eigenvalue weighted by atomic mass is 9.99. The third-order valence-corrected chi connectivity index (χ3v) is 11.0. The molecule has 0 spiro atoms. The average molecular weight is 731 g/mol. The Morgan fingerprint density at radius 1 is 0.439 bits per heavy atom. The summed E-state index contributed by atoms with van der Waals surface area (Å²) in [6, 6.07) is 63.6. The molecule has 4 heterocycles. The second-order valence-electron chi connectivity index (χ2n) is 14.5. The van der Waals surface area contributed by atoms with Crippen molar-refractivity contribution in [2.45, 2.75) is 6.92 Å². The van der Waals surface area contributed by atoms with Gasteiger partial charge >= 0.3 is 0 Å². The number of rotatable bonds is 6. The summed E-state index contributed by atoms with van der Waals surface area (Å²) in [4.78, 5) is 15.0. The highest BCUT2D eigenvalue weighted by Crippen LogP contribution is 2.40. The van der Waals surface area contributed by atoms with Crippen LogP contribution in [0.25, 0.3) is 106 Å². The molecule has 0 amide bonds. The number of benzene rings is 7. The Bertz CT molecular complexity index is 3220. The summed E-state index contributed by atoms with van der Waals surface area (Å²) < 4.78 is 8.79. The van der Waals surface area contributed by atoms with E-state index in [1.807, 2.05) is 48.7 Å². The first-order chi connectivity index (χ1) is 28.1. The van der Waals surface area contributed by atoms with Crippen LogP contribution in [-0.2, 0) is 0 Å². The van der Waals surface area contributed by atoms with Crippen molar-refractivity contribution in [3.05, 3.63) is 194 Å². The minimum atomic E-state index is 0.672. The number of aromatic nitrogens is 4. The highest BCUT2D eigenvalue weighted by Gasteiger charge is 2.18. The summed E-state index contributed by atoms with van der Waals surface area (Å²) in [6.07, 6.45) is 1.82. The number of para-hydroxylation sites is 1. The van der Waals surface area contributed by atoms with E-state index >= 15 is 0 Å². The molecule has 0 saturated carbocycles. The smallest absolute Gasteiger partial charge is 0.160 e. The van der Waals surface area contributed by atoms with E-state index in [1.165, 1.54) is 27.4 Å². The first kappa shape index (κ1) is 32.8. The van der Waals surface area contributed by atoms with E-state index in [0.717, 1.165) is 78.1 Å². The molecular formula is C52H34N4O. The molecule has 5 nitrogen and oxygen atoms in total. The van der Waals surface area contributed by atoms with Gasteiger partial charge in [0.1, 0.15) is 11.2 Å². The topological polar surface area (TPSA) is 56.7 Å². The molecule has 0 radical (unpaired) electrons. The molecule has 11 rings (SSSR count). The molecule has 0 saturated heterocycles. The van der Waals surface area contributed by atoms with Gasteiger partial charge in [0.05, 0.1) is 33.5 Å². The van der Waals surface area contributed by atoms with Gasteiger partial charge < -0.3 is 8.98 Å². The van der Waals surface area contributed by atoms with Crippen LogP contribution in [0.4, 0.5) is 0 Å². The van der Waals surface area contributed by atoms with Gasteiger partial charge in [0.15, 0.2) is 5.82 Å². The highest BCUT2D eigenvalue weighted by atomic mass is 16.3. The molecule has 0 fully saturated rings. The zero-order valence-corrected chi connectivity index (χ0v) is 31.1. The van der Waals surface area contributed by atoms with Crippen LogP contribution in [0.3, 0.4) is 0 Å². The molecular weight excluding hydrogens is 697 g/mol. The summed E-state index contributed by atoms with van der Waals surface area (Å²) >= 11 is 0. The van der Waals surface area contributed by atoms with Gasteiger partial charge in [0.25, 0.3) is 0 Å². The second kappa shape index (κ2) is 13.3. The molecule has 11 aromatic rings. The average Bonchev–Trinajstić information content (AvgIpc) is 3.82. The van der Waals surface area contributed by atoms with Crippen molar-refractivity contribution in [3.63, 3.8) is 0 Å². The van der Waals surface area contributed by atoms with Crippen LogP contribution >= 0.6 is 0 Å². The number of aryl methyl sites for hydroxylation is 1. The largest absolute Gasteiger partial charge is 0.456 e. The number of hydrogen-bond acceptors (Lipinski definition) is 4. The number of fused-ring (bicyclic) bond motifs is 6. The monoisotopic (exact) mass is 730 g/mol. The van der Waals surface area contributed by atoms with Gasteiger partial charge in [-0.3, -0.25) is 4.98 Å². The maximum absolute atomic E-state index is 6.43. The fourth-order valence-electron chi connectivity index (χ4n) is 8.11. The molecule has 57 heavy (non-hydrogen) atoms. The Kier molecular flexibility index (Phi) is 7.64. The zero-order chi connectivity index (χ0) is 37.9. The summed E-state index contributed by atoms with van der Waals surface area (Å²) in [5.74, 6) is 0.672. The maximum atomic E-state index is 6.43. The van der Waals surface area contributed by atoms with Crippen LogP contribution in [0.2, 0.25) is 0 Å². The molecule has 5 heteroatoms. The predicted molar refractivity (Wildman–Crippen MR) is 233 cm³/mol. The Labute approximate surface area is 329 Å². The fourth-order valence-corrected chi connectivity index (χ4v) is 8.11. The van der Waals surface area contributed by atoms with Crippen molar-refractivity contribution in [1.82, 2.24) is 19.5 Å². The van der Waals surface area contributed by atoms with Crippen LogP contribution in [0.15, 0.2) is 193 Å². The Morgan fingerprint density at radius 3 is 1.75 bits per heavy atom. The molecule has 0 bridgehead atoms. The van der Waals surface area contributed by atoms with E-state index in [4.69, 9.17) is 19.4 Å². The SMILES string of the molecule is Cc1ccc(-n2c3ccccc3c3cc(-c4ccc5oc6ccnc(-c7ccc(-c8nc(-c9ccccc9)cc(-c9ccccc9)n8)cc7)c6c5c4)ccc32)cc1. The summed E-state index contributed by atoms with van der Waals surface area (Å²) in [6.45, 7) is 2.13. The first-order valence-electron chi connectivity index (χ1n) is 19.2. The van der Waals surface area contributed by atoms with Crippen molar-refractivity contribution in [3.8, 4) is 62.0 Å². The van der Waals surface area contributed by atoms with E-state index in [-0.39, 0.29) is 0 Å². The lowest BCUT2D eigenvalue weighted by Gasteiger charge is -2.10. The Hall–Kier alpha value is -7.63. The molecule has 0 aliphatic heterocycles. The number of hydrogen-bond donors (Lipinski definition) is 0. The standard InChI is InChI=1S/C52H34N4O/c1-33-16-24-40(25-17-33)56-46-15-9-8-14-41(46)42-30-38(22-26-47(42)56)39-23-27-48-43(31-39)50-49(57-48)28-29-53-51(50)36-18-20-37(21-19-36)52-54-44(34-10-4-2-5-11-34)32-45(55-52)35-12-6-3-7-13-35/h2-32H,1H3. The molecule has 0 aliphatic carbocycles. The fraction of sp³-hybridized carbons (Fsp3) is 0.0192. The molecule has 4 aromatic heterocycles. The van der Waals surface area contributed by atoms with Crippen LogP contribution < -0.4 is 0 Å². The molecule has 0 N–H and O–H groups in total. The van der Waals surface area contributed by atoms with Crippen LogP contribution in [-0.4, -0.2) is 19.5 Å². The van der Waals surface area contributed by atoms with Gasteiger partial charge in [-0.2, -0.15) is 0 Å². The van der Waals surface area contributed by atoms with E-state index in [1.54, 1.807) is 0 Å². The summed E-state index contributed by atoms with van der Waals surface area (Å²) in [5.41, 5.74) is 15.3. The minimum absolute atomic E-state index is 0.672. The molecule has 7 aromatic carbocycles. The molecule has 0 unspecified atom stereocenters. The number of pyridine rings is 1. The quantitative estimate of drug-likeness (QED) is 0.171. The van der Waals surface area contributed by atoms with E-state index in [2.05, 4.69) is 151 Å². The third-order valence-electron chi connectivity index (χ3n) is 11.0. The van der Waals surface area contributed by atoms with Crippen molar-refractivity contribution < 1.29 is 4.42 Å². The van der Waals surface area contributed by atoms with Crippen molar-refractivity contribution in [2.24, 2.45) is 0 Å². The molecule has 0 atom stereocenters. The third kappa shape index (κ3) is 5.68. The van der Waals surface area contributed by atoms with Gasteiger partial charge in [-0.25, -0.2) is 9.97 Å². The number of furan rings is 1. The second-order valence-corrected chi connectivity index (χ2v) is 14.5. The summed E-state index contributed by atoms with van der Waals surface area (Å²) in [5, 5.41) is 4.47. The number of nitrogens with zero attached hydrogens (tertiary/aromatic N) is 4. The maximum Gasteiger partial charge on any atom is 0.160 e. The van der Waals surface area contributed by atoms with Gasteiger partial charge in [0.2, 0.25) is 0 Å². The van der Waals surface area contributed by atoms with Crippen LogP contribution in [0, 0.1) is 6.92 Å². The lowest BCUT2D eigenvalue weighted by molar-refractivity contribution is 0.668. The Balaban J connectivity index is 0.998. The summed E-state index contributed by atoms with van der Waals surface area (Å²) in [7, 11) is 0.